The second-order valence-electron chi connectivity index (χ2n) is 5.96. The summed E-state index contributed by atoms with van der Waals surface area (Å²) in [6, 6.07) is 18.0. The summed E-state index contributed by atoms with van der Waals surface area (Å²) >= 11 is 5.04. The van der Waals surface area contributed by atoms with Gasteiger partial charge in [-0.05, 0) is 17.7 Å². The standard InChI is InChI=1S/C20H16BrN3OS/c21-16-8-4-7-15(9-16)18-12-24-17(13-26-20(24)23-18)10-19(25)22-11-14-5-2-1-3-6-14/h1-9,12-13H,10-11H2,(H,22,25). The maximum absolute atomic E-state index is 12.3. The molecule has 0 aliphatic rings. The highest BCUT2D eigenvalue weighted by molar-refractivity contribution is 9.10. The van der Waals surface area contributed by atoms with Crippen LogP contribution in [-0.4, -0.2) is 15.3 Å². The number of aromatic nitrogens is 2. The summed E-state index contributed by atoms with van der Waals surface area (Å²) in [4.78, 5) is 17.9. The van der Waals surface area contributed by atoms with Gasteiger partial charge in [-0.1, -0.05) is 58.4 Å². The van der Waals surface area contributed by atoms with E-state index in [2.05, 4.69) is 26.2 Å². The van der Waals surface area contributed by atoms with Crippen LogP contribution in [0.3, 0.4) is 0 Å². The van der Waals surface area contributed by atoms with Crippen molar-refractivity contribution in [3.05, 3.63) is 81.9 Å². The fraction of sp³-hybridized carbons (Fsp3) is 0.100. The molecule has 26 heavy (non-hydrogen) atoms. The fourth-order valence-electron chi connectivity index (χ4n) is 2.77. The third kappa shape index (κ3) is 3.71. The number of hydrogen-bond acceptors (Lipinski definition) is 3. The van der Waals surface area contributed by atoms with Crippen LogP contribution in [0.15, 0.2) is 70.6 Å². The molecule has 0 bridgehead atoms. The van der Waals surface area contributed by atoms with Gasteiger partial charge in [0.05, 0.1) is 12.1 Å². The summed E-state index contributed by atoms with van der Waals surface area (Å²) in [5, 5.41) is 4.97. The van der Waals surface area contributed by atoms with E-state index in [9.17, 15) is 4.79 Å². The second-order valence-corrected chi connectivity index (χ2v) is 7.71. The molecule has 2 aromatic heterocycles. The van der Waals surface area contributed by atoms with Crippen LogP contribution < -0.4 is 5.32 Å². The van der Waals surface area contributed by atoms with Crippen molar-refractivity contribution in [2.45, 2.75) is 13.0 Å². The van der Waals surface area contributed by atoms with Crippen LogP contribution in [0.2, 0.25) is 0 Å². The normalized spacial score (nSPS) is 11.0. The number of carbonyl (C=O) groups excluding carboxylic acids is 1. The molecule has 2 heterocycles. The van der Waals surface area contributed by atoms with Crippen LogP contribution >= 0.6 is 27.3 Å². The molecule has 0 unspecified atom stereocenters. The number of benzene rings is 2. The molecule has 0 fully saturated rings. The predicted octanol–water partition coefficient (Wildman–Crippen LogP) is 4.68. The molecular formula is C20H16BrN3OS. The Bertz CT molecular complexity index is 1060. The van der Waals surface area contributed by atoms with Crippen molar-refractivity contribution in [1.82, 2.24) is 14.7 Å². The fourth-order valence-corrected chi connectivity index (χ4v) is 4.04. The third-order valence-electron chi connectivity index (χ3n) is 4.08. The lowest BCUT2D eigenvalue weighted by Crippen LogP contribution is -2.24. The number of thiazole rings is 1. The van der Waals surface area contributed by atoms with Gasteiger partial charge in [0.1, 0.15) is 0 Å². The minimum absolute atomic E-state index is 0.00580. The van der Waals surface area contributed by atoms with E-state index in [1.807, 2.05) is 70.6 Å². The van der Waals surface area contributed by atoms with E-state index in [1.165, 1.54) is 0 Å². The number of fused-ring (bicyclic) bond motifs is 1. The maximum atomic E-state index is 12.3. The third-order valence-corrected chi connectivity index (χ3v) is 5.46. The van der Waals surface area contributed by atoms with Crippen molar-refractivity contribution in [3.63, 3.8) is 0 Å². The molecule has 4 rings (SSSR count). The highest BCUT2D eigenvalue weighted by atomic mass is 79.9. The highest BCUT2D eigenvalue weighted by Crippen LogP contribution is 2.25. The first kappa shape index (κ1) is 17.0. The molecule has 0 saturated heterocycles. The number of rotatable bonds is 5. The van der Waals surface area contributed by atoms with Crippen LogP contribution in [0.4, 0.5) is 0 Å². The summed E-state index contributed by atoms with van der Waals surface area (Å²) in [5.41, 5.74) is 4.00. The summed E-state index contributed by atoms with van der Waals surface area (Å²) in [5.74, 6) is 0.00580. The van der Waals surface area contributed by atoms with Gasteiger partial charge < -0.3 is 5.32 Å². The zero-order valence-electron chi connectivity index (χ0n) is 13.9. The summed E-state index contributed by atoms with van der Waals surface area (Å²) in [7, 11) is 0. The van der Waals surface area contributed by atoms with Crippen molar-refractivity contribution in [2.75, 3.05) is 0 Å². The van der Waals surface area contributed by atoms with Gasteiger partial charge in [0.25, 0.3) is 0 Å². The van der Waals surface area contributed by atoms with Crippen molar-refractivity contribution in [1.29, 1.82) is 0 Å². The lowest BCUT2D eigenvalue weighted by molar-refractivity contribution is -0.120. The van der Waals surface area contributed by atoms with Crippen LogP contribution in [0.1, 0.15) is 11.3 Å². The SMILES string of the molecule is O=C(Cc1csc2nc(-c3cccc(Br)c3)cn12)NCc1ccccc1. The van der Waals surface area contributed by atoms with Crippen LogP contribution in [0.5, 0.6) is 0 Å². The lowest BCUT2D eigenvalue weighted by atomic mass is 10.2. The van der Waals surface area contributed by atoms with Gasteiger partial charge in [-0.15, -0.1) is 11.3 Å². The van der Waals surface area contributed by atoms with Gasteiger partial charge in [0.15, 0.2) is 4.96 Å². The number of imidazole rings is 1. The molecule has 1 N–H and O–H groups in total. The molecule has 0 aliphatic carbocycles. The Balaban J connectivity index is 1.49. The van der Waals surface area contributed by atoms with E-state index < -0.39 is 0 Å². The highest BCUT2D eigenvalue weighted by Gasteiger charge is 2.12. The number of nitrogens with one attached hydrogen (secondary N) is 1. The van der Waals surface area contributed by atoms with Crippen LogP contribution in [-0.2, 0) is 17.8 Å². The number of carbonyl (C=O) groups is 1. The minimum Gasteiger partial charge on any atom is -0.352 e. The summed E-state index contributed by atoms with van der Waals surface area (Å²) < 4.78 is 3.02. The minimum atomic E-state index is 0.00580. The second kappa shape index (κ2) is 7.43. The number of hydrogen-bond donors (Lipinski definition) is 1. The molecule has 130 valence electrons. The van der Waals surface area contributed by atoms with E-state index in [0.717, 1.165) is 31.9 Å². The average molecular weight is 426 g/mol. The summed E-state index contributed by atoms with van der Waals surface area (Å²) in [6.45, 7) is 0.542. The molecular weight excluding hydrogens is 410 g/mol. The van der Waals surface area contributed by atoms with Crippen molar-refractivity contribution in [3.8, 4) is 11.3 Å². The number of amides is 1. The van der Waals surface area contributed by atoms with Gasteiger partial charge in [-0.25, -0.2) is 4.98 Å². The summed E-state index contributed by atoms with van der Waals surface area (Å²) in [6.07, 6.45) is 2.33. The van der Waals surface area contributed by atoms with Crippen LogP contribution in [0, 0.1) is 0 Å². The molecule has 1 amide bonds. The van der Waals surface area contributed by atoms with Gasteiger partial charge in [-0.2, -0.15) is 0 Å². The zero-order valence-corrected chi connectivity index (χ0v) is 16.3. The molecule has 4 aromatic rings. The largest absolute Gasteiger partial charge is 0.352 e. The topological polar surface area (TPSA) is 46.4 Å². The Labute approximate surface area is 163 Å². The Morgan fingerprint density at radius 1 is 1.15 bits per heavy atom. The van der Waals surface area contributed by atoms with Crippen LogP contribution in [0.25, 0.3) is 16.2 Å². The lowest BCUT2D eigenvalue weighted by Gasteiger charge is -2.05. The number of nitrogens with zero attached hydrogens (tertiary/aromatic N) is 2. The van der Waals surface area contributed by atoms with E-state index in [1.54, 1.807) is 11.3 Å². The van der Waals surface area contributed by atoms with E-state index >= 15 is 0 Å². The predicted molar refractivity (Wildman–Crippen MR) is 108 cm³/mol. The molecule has 0 aliphatic heterocycles. The van der Waals surface area contributed by atoms with E-state index in [0.29, 0.717) is 13.0 Å². The first-order valence-corrected chi connectivity index (χ1v) is 9.88. The van der Waals surface area contributed by atoms with Gasteiger partial charge in [0.2, 0.25) is 5.91 Å². The Morgan fingerprint density at radius 3 is 2.81 bits per heavy atom. The smallest absolute Gasteiger partial charge is 0.226 e. The molecule has 2 aromatic carbocycles. The van der Waals surface area contributed by atoms with E-state index in [-0.39, 0.29) is 5.91 Å². The quantitative estimate of drug-likeness (QED) is 0.504. The Kier molecular flexibility index (Phi) is 4.86. The molecule has 0 spiro atoms. The van der Waals surface area contributed by atoms with Gasteiger partial charge in [-0.3, -0.25) is 9.20 Å². The molecule has 6 heteroatoms. The van der Waals surface area contributed by atoms with Gasteiger partial charge in [0, 0.05) is 33.9 Å². The molecule has 0 atom stereocenters. The molecule has 4 nitrogen and oxygen atoms in total. The number of halogens is 1. The maximum Gasteiger partial charge on any atom is 0.226 e. The first-order valence-electron chi connectivity index (χ1n) is 8.21. The average Bonchev–Trinajstić information content (AvgIpc) is 3.23. The monoisotopic (exact) mass is 425 g/mol. The zero-order chi connectivity index (χ0) is 17.9. The first-order chi connectivity index (χ1) is 12.7. The van der Waals surface area contributed by atoms with Crippen molar-refractivity contribution >= 4 is 38.1 Å². The molecule has 0 radical (unpaired) electrons. The molecule has 0 saturated carbocycles. The Morgan fingerprint density at radius 2 is 2.00 bits per heavy atom. The Hall–Kier alpha value is -2.44. The van der Waals surface area contributed by atoms with Crippen molar-refractivity contribution in [2.24, 2.45) is 0 Å². The van der Waals surface area contributed by atoms with Crippen molar-refractivity contribution < 1.29 is 4.79 Å². The van der Waals surface area contributed by atoms with Gasteiger partial charge >= 0.3 is 0 Å². The van der Waals surface area contributed by atoms with E-state index in [4.69, 9.17) is 0 Å².